The van der Waals surface area contributed by atoms with Crippen molar-refractivity contribution in [2.75, 3.05) is 46.5 Å². The first kappa shape index (κ1) is 32.8. The molecule has 2 saturated heterocycles. The molecule has 1 amide bonds. The number of carbonyl (C=O) groups is 2. The van der Waals surface area contributed by atoms with Gasteiger partial charge in [-0.3, -0.25) is 14.5 Å². The van der Waals surface area contributed by atoms with Gasteiger partial charge in [0.25, 0.3) is 11.7 Å². The highest BCUT2D eigenvalue weighted by molar-refractivity contribution is 6.46. The summed E-state index contributed by atoms with van der Waals surface area (Å²) in [4.78, 5) is 31.1. The molecule has 2 heterocycles. The van der Waals surface area contributed by atoms with E-state index in [4.69, 9.17) is 18.9 Å². The van der Waals surface area contributed by atoms with E-state index in [0.29, 0.717) is 67.8 Å². The van der Waals surface area contributed by atoms with Crippen molar-refractivity contribution in [3.8, 4) is 17.2 Å². The molecule has 0 aliphatic carbocycles. The second kappa shape index (κ2) is 15.6. The summed E-state index contributed by atoms with van der Waals surface area (Å²) in [5.74, 6) is -0.00701. The highest BCUT2D eigenvalue weighted by atomic mass is 16.5. The first-order chi connectivity index (χ1) is 23.5. The zero-order valence-electron chi connectivity index (χ0n) is 27.0. The number of rotatable bonds is 13. The molecule has 6 rings (SSSR count). The van der Waals surface area contributed by atoms with Gasteiger partial charge in [-0.1, -0.05) is 66.7 Å². The maximum Gasteiger partial charge on any atom is 0.295 e. The van der Waals surface area contributed by atoms with Crippen LogP contribution in [0.15, 0.2) is 109 Å². The van der Waals surface area contributed by atoms with Crippen molar-refractivity contribution in [3.63, 3.8) is 0 Å². The molecule has 9 nitrogen and oxygen atoms in total. The number of nitrogens with zero attached hydrogens (tertiary/aromatic N) is 2. The van der Waals surface area contributed by atoms with Crippen molar-refractivity contribution in [3.05, 3.63) is 131 Å². The van der Waals surface area contributed by atoms with Gasteiger partial charge in [-0.2, -0.15) is 0 Å². The fourth-order valence-electron chi connectivity index (χ4n) is 6.06. The van der Waals surface area contributed by atoms with Gasteiger partial charge in [-0.05, 0) is 59.5 Å². The Morgan fingerprint density at radius 1 is 0.792 bits per heavy atom. The molecule has 9 heteroatoms. The number of hydrogen-bond donors (Lipinski definition) is 1. The van der Waals surface area contributed by atoms with Crippen LogP contribution in [0.2, 0.25) is 0 Å². The standard InChI is InChI=1S/C39H40N2O7/c1-45-34-25-31(15-18-33(34)48-27-29-11-6-3-7-12-29)36-35(38(43)39(44)41(36)20-8-19-40-21-23-46-24-22-40)37(42)30-13-16-32(17-14-30)47-26-28-9-4-2-5-10-28/h2-7,9-18,25,36,42H,8,19-24,26-27H2,1H3/b37-35+. The Labute approximate surface area is 280 Å². The van der Waals surface area contributed by atoms with Crippen LogP contribution in [0.25, 0.3) is 5.76 Å². The second-order valence-corrected chi connectivity index (χ2v) is 11.8. The molecular formula is C39H40N2O7. The molecule has 0 spiro atoms. The Hall–Kier alpha value is -5.12. The number of methoxy groups -OCH3 is 1. The highest BCUT2D eigenvalue weighted by Gasteiger charge is 2.46. The maximum absolute atomic E-state index is 13.7. The van der Waals surface area contributed by atoms with Gasteiger partial charge in [0.15, 0.2) is 11.5 Å². The number of ketones is 1. The predicted molar refractivity (Wildman–Crippen MR) is 182 cm³/mol. The minimum absolute atomic E-state index is 0.0318. The van der Waals surface area contributed by atoms with Crippen molar-refractivity contribution < 1.29 is 33.6 Å². The number of hydrogen-bond acceptors (Lipinski definition) is 8. The van der Waals surface area contributed by atoms with Gasteiger partial charge in [0.1, 0.15) is 24.7 Å². The summed E-state index contributed by atoms with van der Waals surface area (Å²) in [7, 11) is 1.55. The van der Waals surface area contributed by atoms with Crippen molar-refractivity contribution in [2.24, 2.45) is 0 Å². The number of ether oxygens (including phenoxy) is 4. The summed E-state index contributed by atoms with van der Waals surface area (Å²) < 4.78 is 23.2. The molecule has 48 heavy (non-hydrogen) atoms. The number of benzene rings is 4. The molecule has 0 aromatic heterocycles. The van der Waals surface area contributed by atoms with E-state index in [1.165, 1.54) is 0 Å². The van der Waals surface area contributed by atoms with Gasteiger partial charge in [-0.25, -0.2) is 0 Å². The van der Waals surface area contributed by atoms with Crippen LogP contribution in [0.3, 0.4) is 0 Å². The number of amides is 1. The van der Waals surface area contributed by atoms with Crippen molar-refractivity contribution >= 4 is 17.4 Å². The molecule has 0 bridgehead atoms. The smallest absolute Gasteiger partial charge is 0.295 e. The van der Waals surface area contributed by atoms with E-state index in [1.54, 1.807) is 48.4 Å². The average Bonchev–Trinajstić information content (AvgIpc) is 3.39. The van der Waals surface area contributed by atoms with E-state index in [2.05, 4.69) is 4.90 Å². The van der Waals surface area contributed by atoms with Crippen molar-refractivity contribution in [1.82, 2.24) is 9.80 Å². The van der Waals surface area contributed by atoms with Crippen LogP contribution in [-0.2, 0) is 27.5 Å². The topological polar surface area (TPSA) is 97.8 Å². The van der Waals surface area contributed by atoms with Crippen LogP contribution in [0.5, 0.6) is 17.2 Å². The number of carbonyl (C=O) groups excluding carboxylic acids is 2. The number of aliphatic hydroxyl groups excluding tert-OH is 1. The van der Waals surface area contributed by atoms with Gasteiger partial charge in [0, 0.05) is 31.7 Å². The van der Waals surface area contributed by atoms with Crippen LogP contribution in [-0.4, -0.2) is 73.1 Å². The van der Waals surface area contributed by atoms with Crippen molar-refractivity contribution in [1.29, 1.82) is 0 Å². The first-order valence-corrected chi connectivity index (χ1v) is 16.2. The van der Waals surface area contributed by atoms with E-state index in [0.717, 1.165) is 30.8 Å². The fourth-order valence-corrected chi connectivity index (χ4v) is 6.06. The summed E-state index contributed by atoms with van der Waals surface area (Å²) in [6.45, 7) is 4.86. The lowest BCUT2D eigenvalue weighted by Crippen LogP contribution is -2.39. The lowest BCUT2D eigenvalue weighted by Gasteiger charge is -2.29. The summed E-state index contributed by atoms with van der Waals surface area (Å²) in [6, 6.07) is 31.1. The van der Waals surface area contributed by atoms with Crippen molar-refractivity contribution in [2.45, 2.75) is 25.7 Å². The minimum Gasteiger partial charge on any atom is -0.507 e. The van der Waals surface area contributed by atoms with Crippen LogP contribution < -0.4 is 14.2 Å². The number of likely N-dealkylation sites (tertiary alicyclic amines) is 1. The summed E-state index contributed by atoms with van der Waals surface area (Å²) in [6.07, 6.45) is 0.659. The minimum atomic E-state index is -0.819. The molecule has 1 atom stereocenters. The maximum atomic E-state index is 13.7. The van der Waals surface area contributed by atoms with Crippen LogP contribution in [0.1, 0.15) is 34.7 Å². The van der Waals surface area contributed by atoms with Gasteiger partial charge in [0.2, 0.25) is 0 Å². The predicted octanol–water partition coefficient (Wildman–Crippen LogP) is 6.00. The van der Waals surface area contributed by atoms with Gasteiger partial charge >= 0.3 is 0 Å². The average molecular weight is 649 g/mol. The van der Waals surface area contributed by atoms with E-state index in [-0.39, 0.29) is 11.3 Å². The normalized spacial score (nSPS) is 17.8. The molecule has 1 unspecified atom stereocenters. The molecule has 248 valence electrons. The molecule has 0 saturated carbocycles. The molecular weight excluding hydrogens is 608 g/mol. The Morgan fingerprint density at radius 2 is 1.44 bits per heavy atom. The van der Waals surface area contributed by atoms with Gasteiger partial charge in [-0.15, -0.1) is 0 Å². The van der Waals surface area contributed by atoms with E-state index in [1.807, 2.05) is 66.7 Å². The van der Waals surface area contributed by atoms with E-state index >= 15 is 0 Å². The fraction of sp³-hybridized carbons (Fsp3) is 0.282. The first-order valence-electron chi connectivity index (χ1n) is 16.2. The lowest BCUT2D eigenvalue weighted by molar-refractivity contribution is -0.140. The Morgan fingerprint density at radius 3 is 2.08 bits per heavy atom. The van der Waals surface area contributed by atoms with E-state index < -0.39 is 17.7 Å². The quantitative estimate of drug-likeness (QED) is 0.107. The summed E-state index contributed by atoms with van der Waals surface area (Å²) in [5.41, 5.74) is 3.12. The molecule has 0 radical (unpaired) electrons. The third-order valence-corrected chi connectivity index (χ3v) is 8.63. The number of Topliss-reactive ketones (excluding diaryl/α,β-unsaturated/α-hetero) is 1. The Balaban J connectivity index is 1.28. The van der Waals surface area contributed by atoms with E-state index in [9.17, 15) is 14.7 Å². The molecule has 2 aliphatic heterocycles. The molecule has 2 aliphatic rings. The summed E-state index contributed by atoms with van der Waals surface area (Å²) in [5, 5.41) is 11.6. The number of aliphatic hydroxyl groups is 1. The monoisotopic (exact) mass is 648 g/mol. The second-order valence-electron chi connectivity index (χ2n) is 11.8. The Kier molecular flexibility index (Phi) is 10.7. The third-order valence-electron chi connectivity index (χ3n) is 8.63. The molecule has 4 aromatic carbocycles. The van der Waals surface area contributed by atoms with Crippen LogP contribution >= 0.6 is 0 Å². The highest BCUT2D eigenvalue weighted by Crippen LogP contribution is 2.42. The SMILES string of the molecule is COc1cc(C2/C(=C(\O)c3ccc(OCc4ccccc4)cc3)C(=O)C(=O)N2CCCN2CCOCC2)ccc1OCc1ccccc1. The summed E-state index contributed by atoms with van der Waals surface area (Å²) >= 11 is 0. The van der Waals surface area contributed by atoms with Crippen LogP contribution in [0, 0.1) is 0 Å². The zero-order chi connectivity index (χ0) is 33.3. The largest absolute Gasteiger partial charge is 0.507 e. The number of morpholine rings is 1. The van der Waals surface area contributed by atoms with Gasteiger partial charge in [0.05, 0.1) is 31.9 Å². The van der Waals surface area contributed by atoms with Gasteiger partial charge < -0.3 is 29.0 Å². The molecule has 4 aromatic rings. The third kappa shape index (κ3) is 7.70. The van der Waals surface area contributed by atoms with Crippen LogP contribution in [0.4, 0.5) is 0 Å². The zero-order valence-corrected chi connectivity index (χ0v) is 27.0. The molecule has 2 fully saturated rings. The lowest BCUT2D eigenvalue weighted by atomic mass is 9.95. The molecule has 1 N–H and O–H groups in total. The Bertz CT molecular complexity index is 1720.